The zero-order valence-electron chi connectivity index (χ0n) is 16.8. The first-order valence-electron chi connectivity index (χ1n) is 10.2. The number of likely N-dealkylation sites (tertiary alicyclic amines) is 1. The lowest BCUT2D eigenvalue weighted by Gasteiger charge is -2.31. The van der Waals surface area contributed by atoms with Crippen molar-refractivity contribution in [1.82, 2.24) is 4.90 Å². The molecule has 1 fully saturated rings. The number of aryl methyl sites for hydroxylation is 1. The summed E-state index contributed by atoms with van der Waals surface area (Å²) in [6.45, 7) is 5.75. The fourth-order valence-electron chi connectivity index (χ4n) is 3.93. The summed E-state index contributed by atoms with van der Waals surface area (Å²) in [5.74, 6) is 1.28. The molecule has 0 radical (unpaired) electrons. The van der Waals surface area contributed by atoms with Crippen molar-refractivity contribution in [3.8, 4) is 5.75 Å². The van der Waals surface area contributed by atoms with E-state index in [1.165, 1.54) is 11.6 Å². The smallest absolute Gasteiger partial charge is 0.336 e. The summed E-state index contributed by atoms with van der Waals surface area (Å²) in [5, 5.41) is 10.1. The van der Waals surface area contributed by atoms with E-state index in [4.69, 9.17) is 14.3 Å². The average Bonchev–Trinajstić information content (AvgIpc) is 2.73. The monoisotopic (exact) mass is 393 g/mol. The second kappa shape index (κ2) is 8.80. The van der Waals surface area contributed by atoms with Crippen molar-refractivity contribution in [3.63, 3.8) is 0 Å². The van der Waals surface area contributed by atoms with E-state index in [1.807, 2.05) is 37.3 Å². The van der Waals surface area contributed by atoms with Crippen LogP contribution in [0.25, 0.3) is 11.0 Å². The number of rotatable bonds is 6. The van der Waals surface area contributed by atoms with Gasteiger partial charge in [-0.3, -0.25) is 4.90 Å². The Kier molecular flexibility index (Phi) is 5.97. The van der Waals surface area contributed by atoms with Crippen molar-refractivity contribution in [2.24, 2.45) is 5.92 Å². The van der Waals surface area contributed by atoms with Crippen LogP contribution in [-0.4, -0.2) is 29.7 Å². The van der Waals surface area contributed by atoms with Gasteiger partial charge in [0.2, 0.25) is 0 Å². The van der Waals surface area contributed by atoms with Crippen LogP contribution in [0.4, 0.5) is 0 Å². The zero-order chi connectivity index (χ0) is 20.2. The van der Waals surface area contributed by atoms with E-state index in [0.717, 1.165) is 54.7 Å². The number of ether oxygens (including phenoxy) is 1. The van der Waals surface area contributed by atoms with E-state index >= 15 is 0 Å². The molecule has 152 valence electrons. The Morgan fingerprint density at radius 3 is 2.52 bits per heavy atom. The highest BCUT2D eigenvalue weighted by atomic mass is 16.5. The number of piperidine rings is 1. The maximum absolute atomic E-state index is 11.6. The summed E-state index contributed by atoms with van der Waals surface area (Å²) >= 11 is 0. The SMILES string of the molecule is Cc1cc(=O)oc2cc(OCC3CCN(Cc4ccc(CO)cc4)CC3)ccc12. The van der Waals surface area contributed by atoms with Crippen LogP contribution in [0.15, 0.2) is 57.7 Å². The van der Waals surface area contributed by atoms with E-state index in [-0.39, 0.29) is 12.2 Å². The highest BCUT2D eigenvalue weighted by molar-refractivity contribution is 5.81. The van der Waals surface area contributed by atoms with Crippen LogP contribution < -0.4 is 10.4 Å². The molecule has 1 aliphatic heterocycles. The molecule has 0 saturated carbocycles. The van der Waals surface area contributed by atoms with Crippen molar-refractivity contribution in [2.75, 3.05) is 19.7 Å². The third-order valence-corrected chi connectivity index (χ3v) is 5.73. The minimum atomic E-state index is -0.328. The quantitative estimate of drug-likeness (QED) is 0.644. The lowest BCUT2D eigenvalue weighted by atomic mass is 9.97. The molecule has 0 aliphatic carbocycles. The summed E-state index contributed by atoms with van der Waals surface area (Å²) in [5.41, 5.74) is 3.40. The first-order chi connectivity index (χ1) is 14.1. The minimum Gasteiger partial charge on any atom is -0.493 e. The van der Waals surface area contributed by atoms with Crippen LogP contribution in [0.5, 0.6) is 5.75 Å². The first kappa shape index (κ1) is 19.7. The van der Waals surface area contributed by atoms with Crippen LogP contribution in [0.1, 0.15) is 29.5 Å². The summed E-state index contributed by atoms with van der Waals surface area (Å²) in [6.07, 6.45) is 2.22. The van der Waals surface area contributed by atoms with Gasteiger partial charge in [-0.25, -0.2) is 4.79 Å². The molecule has 0 amide bonds. The highest BCUT2D eigenvalue weighted by Gasteiger charge is 2.20. The number of aliphatic hydroxyl groups excluding tert-OH is 1. The number of aliphatic hydroxyl groups is 1. The lowest BCUT2D eigenvalue weighted by molar-refractivity contribution is 0.137. The van der Waals surface area contributed by atoms with Crippen LogP contribution in [0.3, 0.4) is 0 Å². The van der Waals surface area contributed by atoms with Crippen LogP contribution in [0, 0.1) is 12.8 Å². The number of hydrogen-bond acceptors (Lipinski definition) is 5. The molecule has 2 aromatic carbocycles. The maximum Gasteiger partial charge on any atom is 0.336 e. The zero-order valence-corrected chi connectivity index (χ0v) is 16.8. The van der Waals surface area contributed by atoms with Gasteiger partial charge in [-0.05, 0) is 67.6 Å². The molecule has 0 bridgehead atoms. The average molecular weight is 393 g/mol. The molecule has 29 heavy (non-hydrogen) atoms. The van der Waals surface area contributed by atoms with E-state index in [2.05, 4.69) is 17.0 Å². The molecule has 0 atom stereocenters. The van der Waals surface area contributed by atoms with Gasteiger partial charge >= 0.3 is 5.63 Å². The van der Waals surface area contributed by atoms with Crippen molar-refractivity contribution in [3.05, 3.63) is 75.6 Å². The van der Waals surface area contributed by atoms with Gasteiger partial charge in [0.15, 0.2) is 0 Å². The normalized spacial score (nSPS) is 15.7. The van der Waals surface area contributed by atoms with E-state index in [9.17, 15) is 4.79 Å². The second-order valence-corrected chi connectivity index (χ2v) is 7.91. The molecule has 3 aromatic rings. The lowest BCUT2D eigenvalue weighted by Crippen LogP contribution is -2.35. The second-order valence-electron chi connectivity index (χ2n) is 7.91. The van der Waals surface area contributed by atoms with Gasteiger partial charge in [-0.2, -0.15) is 0 Å². The third-order valence-electron chi connectivity index (χ3n) is 5.73. The Bertz CT molecular complexity index is 1020. The van der Waals surface area contributed by atoms with E-state index in [0.29, 0.717) is 18.1 Å². The van der Waals surface area contributed by atoms with Crippen molar-refractivity contribution in [1.29, 1.82) is 0 Å². The Morgan fingerprint density at radius 1 is 1.07 bits per heavy atom. The summed E-state index contributed by atoms with van der Waals surface area (Å²) in [6, 6.07) is 15.4. The third kappa shape index (κ3) is 4.86. The maximum atomic E-state index is 11.6. The fourth-order valence-corrected chi connectivity index (χ4v) is 3.93. The predicted octanol–water partition coefficient (Wildman–Crippen LogP) is 3.88. The molecule has 5 heteroatoms. The standard InChI is InChI=1S/C24H27NO4/c1-17-12-24(27)29-23-13-21(6-7-22(17)23)28-16-20-8-10-25(11-9-20)14-18-2-4-19(15-26)5-3-18/h2-7,12-13,20,26H,8-11,14-16H2,1H3. The van der Waals surface area contributed by atoms with Gasteiger partial charge < -0.3 is 14.3 Å². The van der Waals surface area contributed by atoms with Crippen molar-refractivity contribution >= 4 is 11.0 Å². The number of benzene rings is 2. The molecule has 1 aliphatic rings. The fraction of sp³-hybridized carbons (Fsp3) is 0.375. The molecule has 1 aromatic heterocycles. The van der Waals surface area contributed by atoms with E-state index in [1.54, 1.807) is 0 Å². The molecule has 0 unspecified atom stereocenters. The van der Waals surface area contributed by atoms with E-state index < -0.39 is 0 Å². The Hall–Kier alpha value is -2.63. The van der Waals surface area contributed by atoms with Crippen LogP contribution >= 0.6 is 0 Å². The molecule has 2 heterocycles. The van der Waals surface area contributed by atoms with Crippen molar-refractivity contribution < 1.29 is 14.3 Å². The molecule has 5 nitrogen and oxygen atoms in total. The molecule has 4 rings (SSSR count). The van der Waals surface area contributed by atoms with Gasteiger partial charge in [0, 0.05) is 24.1 Å². The molecule has 1 N–H and O–H groups in total. The van der Waals surface area contributed by atoms with Gasteiger partial charge in [0.1, 0.15) is 11.3 Å². The van der Waals surface area contributed by atoms with Gasteiger partial charge in [0.25, 0.3) is 0 Å². The number of hydrogen-bond donors (Lipinski definition) is 1. The Labute approximate surface area is 170 Å². The molecule has 1 saturated heterocycles. The number of fused-ring (bicyclic) bond motifs is 1. The summed E-state index contributed by atoms with van der Waals surface area (Å²) < 4.78 is 11.3. The largest absolute Gasteiger partial charge is 0.493 e. The van der Waals surface area contributed by atoms with Crippen molar-refractivity contribution in [2.45, 2.75) is 32.9 Å². The molecule has 0 spiro atoms. The number of nitrogens with zero attached hydrogens (tertiary/aromatic N) is 1. The van der Waals surface area contributed by atoms with Gasteiger partial charge in [-0.15, -0.1) is 0 Å². The predicted molar refractivity (Wildman–Crippen MR) is 113 cm³/mol. The van der Waals surface area contributed by atoms with Gasteiger partial charge in [0.05, 0.1) is 13.2 Å². The van der Waals surface area contributed by atoms with Crippen LogP contribution in [0.2, 0.25) is 0 Å². The van der Waals surface area contributed by atoms with Crippen LogP contribution in [-0.2, 0) is 13.2 Å². The summed E-state index contributed by atoms with van der Waals surface area (Å²) in [7, 11) is 0. The van der Waals surface area contributed by atoms with Gasteiger partial charge in [-0.1, -0.05) is 24.3 Å². The minimum absolute atomic E-state index is 0.0919. The topological polar surface area (TPSA) is 62.9 Å². The molecular formula is C24H27NO4. The Balaban J connectivity index is 1.28. The molecular weight excluding hydrogens is 366 g/mol. The first-order valence-corrected chi connectivity index (χ1v) is 10.2. The highest BCUT2D eigenvalue weighted by Crippen LogP contribution is 2.24. The summed E-state index contributed by atoms with van der Waals surface area (Å²) in [4.78, 5) is 14.1. The Morgan fingerprint density at radius 2 is 1.79 bits per heavy atom.